The first-order valence-electron chi connectivity index (χ1n) is 19.5. The summed E-state index contributed by atoms with van der Waals surface area (Å²) in [4.78, 5) is 45.1. The predicted molar refractivity (Wildman–Crippen MR) is 230 cm³/mol. The van der Waals surface area contributed by atoms with Crippen LogP contribution in [0.3, 0.4) is 0 Å². The molecule has 0 N–H and O–H groups in total. The molecule has 1 aliphatic rings. The van der Waals surface area contributed by atoms with Gasteiger partial charge in [-0.25, -0.2) is 19.5 Å². The summed E-state index contributed by atoms with van der Waals surface area (Å²) in [5.41, 5.74) is 0.628. The summed E-state index contributed by atoms with van der Waals surface area (Å²) in [5.74, 6) is -0.263. The van der Waals surface area contributed by atoms with Crippen LogP contribution in [-0.2, 0) is 52.2 Å². The number of aldehydes is 1. The Morgan fingerprint density at radius 2 is 1.00 bits per heavy atom. The van der Waals surface area contributed by atoms with Gasteiger partial charge in [-0.15, -0.1) is 0 Å². The highest BCUT2D eigenvalue weighted by atomic mass is 28.4. The van der Waals surface area contributed by atoms with E-state index in [0.29, 0.717) is 11.8 Å². The Hall–Kier alpha value is -1.71. The molecule has 0 amide bonds. The summed E-state index contributed by atoms with van der Waals surface area (Å²) in [7, 11) is -8.54. The molecule has 16 heteroatoms. The van der Waals surface area contributed by atoms with Crippen molar-refractivity contribution in [2.75, 3.05) is 7.11 Å². The van der Waals surface area contributed by atoms with Gasteiger partial charge in [0.05, 0.1) is 7.11 Å². The number of rotatable bonds is 16. The van der Waals surface area contributed by atoms with Crippen molar-refractivity contribution >= 4 is 51.6 Å². The topological polar surface area (TPSA) is 126 Å². The molecule has 1 saturated heterocycles. The Bertz CT molecular complexity index is 1480. The van der Waals surface area contributed by atoms with Crippen LogP contribution in [0, 0.1) is 0 Å². The SMILES string of the molecule is COC(=O)/C(=C/c1ccc(O[Si](C)(C)C(C)(C)C)cc1)O[C@@H]1O[C@H](C=O)[C@H](OO[Si](C)(C)C(C)(C)C)[C@H](OO[Si](C)(C)C(C)(C)C)[C@H]1OO[Si](C)(C)C(C)(C)C. The van der Waals surface area contributed by atoms with E-state index in [1.165, 1.54) is 13.2 Å². The molecule has 12 nitrogen and oxygen atoms in total. The van der Waals surface area contributed by atoms with Crippen LogP contribution in [0.1, 0.15) is 88.6 Å². The lowest BCUT2D eigenvalue weighted by atomic mass is 9.99. The van der Waals surface area contributed by atoms with Crippen LogP contribution in [0.15, 0.2) is 30.0 Å². The molecule has 0 radical (unpaired) electrons. The third-order valence-electron chi connectivity index (χ3n) is 12.2. The number of carbonyl (C=O) groups excluding carboxylic acids is 2. The largest absolute Gasteiger partial charge is 0.544 e. The summed E-state index contributed by atoms with van der Waals surface area (Å²) in [6, 6.07) is 7.35. The molecule has 322 valence electrons. The van der Waals surface area contributed by atoms with E-state index in [9.17, 15) is 9.59 Å². The van der Waals surface area contributed by atoms with Gasteiger partial charge >= 0.3 is 5.97 Å². The molecule has 0 aliphatic carbocycles. The number of carbonyl (C=O) groups is 2. The zero-order valence-corrected chi connectivity index (χ0v) is 42.2. The summed E-state index contributed by atoms with van der Waals surface area (Å²) in [6.07, 6.45) is -4.26. The number of hydrogen-bond donors (Lipinski definition) is 0. The highest BCUT2D eigenvalue weighted by Gasteiger charge is 2.55. The van der Waals surface area contributed by atoms with Crippen molar-refractivity contribution in [2.24, 2.45) is 0 Å². The second-order valence-corrected chi connectivity index (χ2v) is 39.7. The minimum atomic E-state index is -2.59. The monoisotopic (exact) mass is 858 g/mol. The van der Waals surface area contributed by atoms with Gasteiger partial charge in [-0.05, 0) is 96.3 Å². The third-order valence-corrected chi connectivity index (χ3v) is 28.9. The molecule has 0 saturated carbocycles. The third kappa shape index (κ3) is 12.9. The van der Waals surface area contributed by atoms with Crippen molar-refractivity contribution in [3.05, 3.63) is 35.6 Å². The first-order valence-corrected chi connectivity index (χ1v) is 31.1. The van der Waals surface area contributed by atoms with Crippen molar-refractivity contribution in [1.82, 2.24) is 0 Å². The zero-order valence-electron chi connectivity index (χ0n) is 38.2. The Labute approximate surface area is 341 Å². The maximum absolute atomic E-state index is 13.4. The number of hydrogen-bond acceptors (Lipinski definition) is 12. The average molecular weight is 859 g/mol. The lowest BCUT2D eigenvalue weighted by molar-refractivity contribution is -0.433. The molecule has 0 spiro atoms. The lowest BCUT2D eigenvalue weighted by Crippen LogP contribution is -2.63. The fourth-order valence-corrected chi connectivity index (χ4v) is 6.70. The summed E-state index contributed by atoms with van der Waals surface area (Å²) in [5, 5.41) is -0.708. The molecule has 56 heavy (non-hydrogen) atoms. The molecular weight excluding hydrogens is 785 g/mol. The van der Waals surface area contributed by atoms with E-state index < -0.39 is 69.9 Å². The van der Waals surface area contributed by atoms with Gasteiger partial charge in [0.25, 0.3) is 0 Å². The van der Waals surface area contributed by atoms with Crippen LogP contribution in [0.4, 0.5) is 0 Å². The van der Waals surface area contributed by atoms with Crippen molar-refractivity contribution in [3.8, 4) is 5.75 Å². The summed E-state index contributed by atoms with van der Waals surface area (Å²) in [6.45, 7) is 41.7. The van der Waals surface area contributed by atoms with Crippen LogP contribution in [0.5, 0.6) is 5.75 Å². The van der Waals surface area contributed by atoms with Gasteiger partial charge in [0, 0.05) is 0 Å². The highest BCUT2D eigenvalue weighted by molar-refractivity contribution is 6.75. The molecule has 2 rings (SSSR count). The summed E-state index contributed by atoms with van der Waals surface area (Å²) >= 11 is 0. The van der Waals surface area contributed by atoms with E-state index in [2.05, 4.69) is 96.2 Å². The van der Waals surface area contributed by atoms with E-state index >= 15 is 0 Å². The van der Waals surface area contributed by atoms with E-state index in [-0.39, 0.29) is 25.9 Å². The lowest BCUT2D eigenvalue weighted by Gasteiger charge is -2.46. The maximum atomic E-state index is 13.4. The first-order chi connectivity index (χ1) is 25.1. The van der Waals surface area contributed by atoms with Gasteiger partial charge in [0.2, 0.25) is 45.3 Å². The van der Waals surface area contributed by atoms with Crippen LogP contribution in [-0.4, -0.2) is 83.3 Å². The van der Waals surface area contributed by atoms with Crippen molar-refractivity contribution in [2.45, 2.75) is 186 Å². The smallest absolute Gasteiger partial charge is 0.373 e. The molecule has 1 aliphatic heterocycles. The Morgan fingerprint density at radius 1 is 0.607 bits per heavy atom. The fraction of sp³-hybridized carbons (Fsp3) is 0.750. The number of ether oxygens (including phenoxy) is 3. The second-order valence-electron chi connectivity index (χ2n) is 20.9. The highest BCUT2D eigenvalue weighted by Crippen LogP contribution is 2.42. The molecule has 1 aromatic carbocycles. The summed E-state index contributed by atoms with van der Waals surface area (Å²) < 4.78 is 43.1. The van der Waals surface area contributed by atoms with Crippen LogP contribution >= 0.6 is 0 Å². The first kappa shape index (κ1) is 50.4. The Morgan fingerprint density at radius 3 is 1.38 bits per heavy atom. The van der Waals surface area contributed by atoms with Crippen molar-refractivity contribution < 1.29 is 56.6 Å². The van der Waals surface area contributed by atoms with Gasteiger partial charge < -0.3 is 23.4 Å². The Kier molecular flexibility index (Phi) is 16.5. The minimum absolute atomic E-state index is 0.0158. The Balaban J connectivity index is 2.73. The molecule has 0 bridgehead atoms. The number of esters is 1. The minimum Gasteiger partial charge on any atom is -0.544 e. The quantitative estimate of drug-likeness (QED) is 0.0299. The van der Waals surface area contributed by atoms with Gasteiger partial charge in [-0.3, -0.25) is 13.7 Å². The normalized spacial score (nSPS) is 22.4. The molecule has 0 aromatic heterocycles. The van der Waals surface area contributed by atoms with Crippen molar-refractivity contribution in [3.63, 3.8) is 0 Å². The van der Waals surface area contributed by atoms with E-state index in [1.807, 2.05) is 63.5 Å². The van der Waals surface area contributed by atoms with Gasteiger partial charge in [0.1, 0.15) is 11.9 Å². The molecule has 1 fully saturated rings. The van der Waals surface area contributed by atoms with Crippen LogP contribution in [0.25, 0.3) is 6.08 Å². The van der Waals surface area contributed by atoms with Gasteiger partial charge in [-0.1, -0.05) is 95.2 Å². The van der Waals surface area contributed by atoms with E-state index in [1.54, 1.807) is 0 Å². The standard InChI is InChI=1S/C40H74O12Si4/c1-37(2,3)53(14,15)49-29-24-22-28(23-25-29)26-30(35(42)43-13)44-36-34(48-52-56(20,21)40(10,11)12)33(47-51-55(18,19)39(7,8)9)32(31(27-41)45-36)46-50-54(16,17)38(4,5)6/h22-27,31-34,36H,1-21H3/b30-26-/t31-,32+,33+,34-,36-/m1/s1. The molecule has 1 aromatic rings. The van der Waals surface area contributed by atoms with Gasteiger partial charge in [-0.2, -0.15) is 0 Å². The predicted octanol–water partition coefficient (Wildman–Crippen LogP) is 10.5. The molecule has 5 atom stereocenters. The average Bonchev–Trinajstić information content (AvgIpc) is 3.03. The maximum Gasteiger partial charge on any atom is 0.373 e. The molecule has 1 heterocycles. The van der Waals surface area contributed by atoms with Gasteiger partial charge in [0.15, 0.2) is 24.6 Å². The molecule has 0 unspecified atom stereocenters. The van der Waals surface area contributed by atoms with Crippen LogP contribution < -0.4 is 4.43 Å². The second kappa shape index (κ2) is 18.3. The van der Waals surface area contributed by atoms with Crippen LogP contribution in [0.2, 0.25) is 72.5 Å². The van der Waals surface area contributed by atoms with Crippen molar-refractivity contribution in [1.29, 1.82) is 0 Å². The van der Waals surface area contributed by atoms with E-state index in [0.717, 1.165) is 5.75 Å². The fourth-order valence-electron chi connectivity index (χ4n) is 3.86. The zero-order chi connectivity index (χ0) is 43.5. The number of benzene rings is 1. The van der Waals surface area contributed by atoms with E-state index in [4.69, 9.17) is 47.0 Å². The molecular formula is C40H74O12Si4. The number of methoxy groups -OCH3 is 1.